The minimum Gasteiger partial charge on any atom is -0.0795 e. The van der Waals surface area contributed by atoms with E-state index in [4.69, 9.17) is 0 Å². The molecule has 0 bridgehead atoms. The second-order valence-corrected chi connectivity index (χ2v) is 11.0. The summed E-state index contributed by atoms with van der Waals surface area (Å²) in [6.07, 6.45) is 3.52. The normalized spacial score (nSPS) is 14.4. The molecule has 0 nitrogen and oxygen atoms in total. The van der Waals surface area contributed by atoms with Crippen molar-refractivity contribution in [1.82, 2.24) is 0 Å². The van der Waals surface area contributed by atoms with E-state index in [1.54, 1.807) is 0 Å². The Labute approximate surface area is 167 Å². The van der Waals surface area contributed by atoms with Gasteiger partial charge in [0.05, 0.1) is 20.7 Å². The summed E-state index contributed by atoms with van der Waals surface area (Å²) in [7, 11) is 0.0426. The summed E-state index contributed by atoms with van der Waals surface area (Å²) in [6, 6.07) is 17.7. The second kappa shape index (κ2) is 8.71. The number of hydrogen-bond acceptors (Lipinski definition) is 1. The molecule has 0 radical (unpaired) electrons. The summed E-state index contributed by atoms with van der Waals surface area (Å²) in [5.74, 6) is 0. The third-order valence-electron chi connectivity index (χ3n) is 5.28. The standard InChI is InChI=1S/C22H27S2.C2H6/c1-21(2,3)22(4,5)15-10-16-24-19-13-8-6-11-17(19)23-18-12-7-9-14-20(18)24;1-2/h6-14,16H,15H2,1-5H3;1-2H3/q+1;/b16-10+;. The van der Waals surface area contributed by atoms with Crippen molar-refractivity contribution in [3.05, 3.63) is 60.0 Å². The molecule has 0 aliphatic carbocycles. The maximum Gasteiger partial charge on any atom is 0.179 e. The van der Waals surface area contributed by atoms with Crippen molar-refractivity contribution >= 4 is 22.7 Å². The van der Waals surface area contributed by atoms with Crippen LogP contribution < -0.4 is 0 Å². The number of rotatable bonds is 3. The van der Waals surface area contributed by atoms with Gasteiger partial charge in [0.2, 0.25) is 0 Å². The molecule has 0 saturated heterocycles. The predicted octanol–water partition coefficient (Wildman–Crippen LogP) is 8.19. The highest BCUT2D eigenvalue weighted by Gasteiger charge is 2.35. The van der Waals surface area contributed by atoms with Crippen LogP contribution in [0.3, 0.4) is 0 Å². The summed E-state index contributed by atoms with van der Waals surface area (Å²) in [5, 5.41) is 2.45. The van der Waals surface area contributed by atoms with Crippen molar-refractivity contribution in [2.24, 2.45) is 10.8 Å². The van der Waals surface area contributed by atoms with Crippen LogP contribution in [-0.2, 0) is 10.9 Å². The highest BCUT2D eigenvalue weighted by Crippen LogP contribution is 2.46. The Morgan fingerprint density at radius 3 is 1.73 bits per heavy atom. The van der Waals surface area contributed by atoms with Gasteiger partial charge in [-0.3, -0.25) is 0 Å². The minimum absolute atomic E-state index is 0.0426. The van der Waals surface area contributed by atoms with Crippen LogP contribution in [0.2, 0.25) is 0 Å². The number of benzene rings is 2. The molecule has 1 aliphatic heterocycles. The van der Waals surface area contributed by atoms with Crippen molar-refractivity contribution in [2.45, 2.75) is 74.5 Å². The third-order valence-corrected chi connectivity index (χ3v) is 8.82. The van der Waals surface area contributed by atoms with Crippen LogP contribution in [0.1, 0.15) is 54.9 Å². The summed E-state index contributed by atoms with van der Waals surface area (Å²) < 4.78 is 0. The Kier molecular flexibility index (Phi) is 7.10. The SMILES string of the molecule is CC.CC(C)(C)C(C)(C)C/C=C/[S+]1c2ccccc2Sc2ccccc21. The largest absolute Gasteiger partial charge is 0.179 e. The summed E-state index contributed by atoms with van der Waals surface area (Å²) >= 11 is 1.90. The van der Waals surface area contributed by atoms with Gasteiger partial charge in [0.25, 0.3) is 0 Å². The van der Waals surface area contributed by atoms with E-state index in [-0.39, 0.29) is 16.3 Å². The van der Waals surface area contributed by atoms with Crippen molar-refractivity contribution in [3.8, 4) is 0 Å². The van der Waals surface area contributed by atoms with Crippen molar-refractivity contribution < 1.29 is 0 Å². The molecule has 140 valence electrons. The van der Waals surface area contributed by atoms with Crippen LogP contribution >= 0.6 is 11.8 Å². The lowest BCUT2D eigenvalue weighted by Crippen LogP contribution is -2.28. The minimum atomic E-state index is 0.0426. The maximum atomic E-state index is 2.45. The lowest BCUT2D eigenvalue weighted by molar-refractivity contribution is 0.136. The van der Waals surface area contributed by atoms with Crippen molar-refractivity contribution in [1.29, 1.82) is 0 Å². The topological polar surface area (TPSA) is 0 Å². The van der Waals surface area contributed by atoms with E-state index in [0.717, 1.165) is 6.42 Å². The molecule has 26 heavy (non-hydrogen) atoms. The maximum absolute atomic E-state index is 2.45. The van der Waals surface area contributed by atoms with Crippen LogP contribution in [0.5, 0.6) is 0 Å². The average Bonchev–Trinajstić information content (AvgIpc) is 2.62. The Morgan fingerprint density at radius 1 is 0.808 bits per heavy atom. The Hall–Kier alpha value is -1.12. The van der Waals surface area contributed by atoms with Gasteiger partial charge < -0.3 is 0 Å². The van der Waals surface area contributed by atoms with Gasteiger partial charge in [0, 0.05) is 0 Å². The molecule has 3 rings (SSSR count). The Morgan fingerprint density at radius 2 is 1.27 bits per heavy atom. The van der Waals surface area contributed by atoms with Gasteiger partial charge >= 0.3 is 0 Å². The van der Waals surface area contributed by atoms with Gasteiger partial charge in [-0.25, -0.2) is 0 Å². The zero-order valence-corrected chi connectivity index (χ0v) is 18.9. The molecule has 0 N–H and O–H groups in total. The van der Waals surface area contributed by atoms with Gasteiger partial charge in [-0.2, -0.15) is 0 Å². The molecule has 0 fully saturated rings. The van der Waals surface area contributed by atoms with E-state index in [0.29, 0.717) is 5.41 Å². The molecule has 0 spiro atoms. The smallest absolute Gasteiger partial charge is 0.0795 e. The molecule has 1 heterocycles. The highest BCUT2D eigenvalue weighted by molar-refractivity contribution is 8.05. The Balaban J connectivity index is 0.00000117. The Bertz CT molecular complexity index is 705. The van der Waals surface area contributed by atoms with E-state index in [9.17, 15) is 0 Å². The molecule has 0 amide bonds. The van der Waals surface area contributed by atoms with Crippen LogP contribution in [0.25, 0.3) is 0 Å². The molecular formula is C24H33S2+. The summed E-state index contributed by atoms with van der Waals surface area (Å²) in [5.41, 5.74) is 0.592. The fourth-order valence-corrected chi connectivity index (χ4v) is 6.06. The van der Waals surface area contributed by atoms with E-state index >= 15 is 0 Å². The molecule has 0 saturated carbocycles. The first-order valence-electron chi connectivity index (χ1n) is 9.55. The van der Waals surface area contributed by atoms with E-state index in [2.05, 4.69) is 94.6 Å². The van der Waals surface area contributed by atoms with Gasteiger partial charge in [-0.15, -0.1) is 0 Å². The van der Waals surface area contributed by atoms with Gasteiger partial charge in [-0.1, -0.05) is 84.5 Å². The predicted molar refractivity (Wildman–Crippen MR) is 119 cm³/mol. The van der Waals surface area contributed by atoms with Crippen LogP contribution in [0.15, 0.2) is 79.6 Å². The van der Waals surface area contributed by atoms with Crippen LogP contribution in [0, 0.1) is 10.8 Å². The molecule has 2 heteroatoms. The fraction of sp³-hybridized carbons (Fsp3) is 0.417. The summed E-state index contributed by atoms with van der Waals surface area (Å²) in [6.45, 7) is 15.8. The summed E-state index contributed by atoms with van der Waals surface area (Å²) in [4.78, 5) is 5.73. The van der Waals surface area contributed by atoms with Gasteiger partial charge in [0.15, 0.2) is 9.79 Å². The molecular weight excluding hydrogens is 352 g/mol. The first-order valence-corrected chi connectivity index (χ1v) is 11.7. The number of hydrogen-bond donors (Lipinski definition) is 0. The lowest BCUT2D eigenvalue weighted by atomic mass is 9.67. The first-order chi connectivity index (χ1) is 12.3. The van der Waals surface area contributed by atoms with Gasteiger partial charge in [-0.05, 0) is 47.6 Å². The number of allylic oxidation sites excluding steroid dienone is 1. The van der Waals surface area contributed by atoms with Crippen LogP contribution in [-0.4, -0.2) is 0 Å². The first kappa shape index (κ1) is 21.2. The average molecular weight is 386 g/mol. The second-order valence-electron chi connectivity index (χ2n) is 8.04. The molecule has 2 aromatic carbocycles. The molecule has 0 aromatic heterocycles. The molecule has 1 aliphatic rings. The molecule has 2 aromatic rings. The zero-order chi connectivity index (χ0) is 19.4. The monoisotopic (exact) mass is 385 g/mol. The quantitative estimate of drug-likeness (QED) is 0.480. The number of fused-ring (bicyclic) bond motifs is 2. The zero-order valence-electron chi connectivity index (χ0n) is 17.3. The van der Waals surface area contributed by atoms with Crippen LogP contribution in [0.4, 0.5) is 0 Å². The van der Waals surface area contributed by atoms with E-state index in [1.165, 1.54) is 19.6 Å². The lowest BCUT2D eigenvalue weighted by Gasteiger charge is -2.38. The highest BCUT2D eigenvalue weighted by atomic mass is 32.2. The molecule has 0 atom stereocenters. The van der Waals surface area contributed by atoms with E-state index in [1.807, 2.05) is 25.6 Å². The van der Waals surface area contributed by atoms with E-state index < -0.39 is 0 Å². The van der Waals surface area contributed by atoms with Gasteiger partial charge in [0.1, 0.15) is 5.41 Å². The third kappa shape index (κ3) is 4.58. The van der Waals surface area contributed by atoms with Crippen molar-refractivity contribution in [2.75, 3.05) is 0 Å². The van der Waals surface area contributed by atoms with Crippen molar-refractivity contribution in [3.63, 3.8) is 0 Å². The fourth-order valence-electron chi connectivity index (χ4n) is 2.56. The molecule has 0 unspecified atom stereocenters.